The van der Waals surface area contributed by atoms with E-state index in [2.05, 4.69) is 0 Å². The van der Waals surface area contributed by atoms with Gasteiger partial charge in [0.05, 0.1) is 0 Å². The van der Waals surface area contributed by atoms with Crippen LogP contribution < -0.4 is 5.73 Å². The van der Waals surface area contributed by atoms with Gasteiger partial charge in [0.25, 0.3) is 0 Å². The molecule has 2 nitrogen and oxygen atoms in total. The highest BCUT2D eigenvalue weighted by Gasteiger charge is 1.67. The highest BCUT2D eigenvalue weighted by Crippen LogP contribution is 1.83. The number of thioether (sulfide) groups is 1. The fourth-order valence-electron chi connectivity index (χ4n) is 0.118. The summed E-state index contributed by atoms with van der Waals surface area (Å²) in [4.78, 5) is 0. The summed E-state index contributed by atoms with van der Waals surface area (Å²) in [5, 5.41) is 7.00. The molecule has 0 amide bonds. The molecule has 0 spiro atoms. The average molecular weight is 123 g/mol. The molecule has 3 heteroatoms. The van der Waals surface area contributed by atoms with Gasteiger partial charge in [-0.25, -0.2) is 0 Å². The van der Waals surface area contributed by atoms with Crippen LogP contribution in [-0.4, -0.2) is 30.8 Å². The molecule has 0 radical (unpaired) electrons. The number of rotatable bonds is 2. The minimum Gasteiger partial charge on any atom is -0.400 e. The van der Waals surface area contributed by atoms with Crippen molar-refractivity contribution in [3.05, 3.63) is 0 Å². The van der Waals surface area contributed by atoms with Crippen molar-refractivity contribution >= 4 is 11.8 Å². The maximum atomic E-state index is 7.00. The molecule has 0 saturated heterocycles. The van der Waals surface area contributed by atoms with Crippen LogP contribution in [0.5, 0.6) is 0 Å². The minimum atomic E-state index is 0.807. The van der Waals surface area contributed by atoms with Crippen molar-refractivity contribution in [2.45, 2.75) is 0 Å². The molecular formula is C4H13NOS. The van der Waals surface area contributed by atoms with Crippen LogP contribution >= 0.6 is 11.8 Å². The predicted molar refractivity (Wildman–Crippen MR) is 35.6 cm³/mol. The summed E-state index contributed by atoms with van der Waals surface area (Å²) in [6.07, 6.45) is 2.05. The van der Waals surface area contributed by atoms with E-state index in [1.54, 1.807) is 11.8 Å². The Kier molecular flexibility index (Phi) is 23.9. The first-order valence-corrected chi connectivity index (χ1v) is 3.45. The van der Waals surface area contributed by atoms with E-state index < -0.39 is 0 Å². The second-order valence-electron chi connectivity index (χ2n) is 0.781. The fraction of sp³-hybridized carbons (Fsp3) is 1.00. The molecule has 0 bridgehead atoms. The summed E-state index contributed by atoms with van der Waals surface area (Å²) < 4.78 is 0. The monoisotopic (exact) mass is 123 g/mol. The Labute approximate surface area is 49.1 Å². The van der Waals surface area contributed by atoms with Gasteiger partial charge in [-0.1, -0.05) is 0 Å². The first-order valence-electron chi connectivity index (χ1n) is 2.05. The van der Waals surface area contributed by atoms with Crippen molar-refractivity contribution in [3.8, 4) is 0 Å². The van der Waals surface area contributed by atoms with Gasteiger partial charge in [-0.05, 0) is 6.26 Å². The molecule has 0 atom stereocenters. The molecule has 0 aromatic rings. The van der Waals surface area contributed by atoms with E-state index in [1.807, 2.05) is 6.26 Å². The summed E-state index contributed by atoms with van der Waals surface area (Å²) in [6, 6.07) is 0. The van der Waals surface area contributed by atoms with Gasteiger partial charge >= 0.3 is 0 Å². The van der Waals surface area contributed by atoms with E-state index in [-0.39, 0.29) is 0 Å². The van der Waals surface area contributed by atoms with E-state index in [4.69, 9.17) is 10.8 Å². The normalized spacial score (nSPS) is 6.86. The standard InChI is InChI=1S/C3H9NS.CH4O/c1-5-3-2-4;1-2/h2-4H2,1H3;2H,1H3. The summed E-state index contributed by atoms with van der Waals surface area (Å²) in [6.45, 7) is 0.807. The minimum absolute atomic E-state index is 0.807. The van der Waals surface area contributed by atoms with Crippen LogP contribution in [0.1, 0.15) is 0 Å². The Morgan fingerprint density at radius 3 is 2.00 bits per heavy atom. The lowest BCUT2D eigenvalue weighted by Crippen LogP contribution is -1.99. The van der Waals surface area contributed by atoms with Gasteiger partial charge < -0.3 is 10.8 Å². The SMILES string of the molecule is CO.CSCCN. The van der Waals surface area contributed by atoms with Crippen molar-refractivity contribution in [3.63, 3.8) is 0 Å². The maximum absolute atomic E-state index is 7.00. The number of hydrogen-bond acceptors (Lipinski definition) is 3. The van der Waals surface area contributed by atoms with Crippen LogP contribution in [0.4, 0.5) is 0 Å². The van der Waals surface area contributed by atoms with Crippen molar-refractivity contribution in [1.82, 2.24) is 0 Å². The van der Waals surface area contributed by atoms with Crippen LogP contribution in [0.2, 0.25) is 0 Å². The van der Waals surface area contributed by atoms with Crippen LogP contribution in [0.25, 0.3) is 0 Å². The van der Waals surface area contributed by atoms with E-state index in [1.165, 1.54) is 0 Å². The van der Waals surface area contributed by atoms with Gasteiger partial charge in [0.1, 0.15) is 0 Å². The van der Waals surface area contributed by atoms with Gasteiger partial charge in [0.2, 0.25) is 0 Å². The smallest absolute Gasteiger partial charge is 0.0319 e. The van der Waals surface area contributed by atoms with Gasteiger partial charge in [-0.2, -0.15) is 11.8 Å². The highest BCUT2D eigenvalue weighted by molar-refractivity contribution is 7.98. The first kappa shape index (κ1) is 10.3. The number of aliphatic hydroxyl groups is 1. The summed E-state index contributed by atoms with van der Waals surface area (Å²) in [7, 11) is 1.00. The predicted octanol–water partition coefficient (Wildman–Crippen LogP) is -0.0834. The highest BCUT2D eigenvalue weighted by atomic mass is 32.2. The molecule has 3 N–H and O–H groups in total. The lowest BCUT2D eigenvalue weighted by Gasteiger charge is -1.80. The summed E-state index contributed by atoms with van der Waals surface area (Å²) in [5.74, 6) is 1.08. The Balaban J connectivity index is 0. The topological polar surface area (TPSA) is 46.2 Å². The van der Waals surface area contributed by atoms with Crippen molar-refractivity contribution in [2.24, 2.45) is 5.73 Å². The molecule has 0 unspecified atom stereocenters. The summed E-state index contributed by atoms with van der Waals surface area (Å²) >= 11 is 1.78. The average Bonchev–Trinajstić information content (AvgIpc) is 1.75. The number of nitrogens with two attached hydrogens (primary N) is 1. The van der Waals surface area contributed by atoms with Crippen molar-refractivity contribution in [1.29, 1.82) is 0 Å². The molecular weight excluding hydrogens is 110 g/mol. The molecule has 46 valence electrons. The number of aliphatic hydroxyl groups excluding tert-OH is 1. The molecule has 0 aromatic heterocycles. The summed E-state index contributed by atoms with van der Waals surface area (Å²) in [5.41, 5.74) is 5.12. The lowest BCUT2D eigenvalue weighted by atomic mass is 10.8. The van der Waals surface area contributed by atoms with Crippen LogP contribution in [0, 0.1) is 0 Å². The third kappa shape index (κ3) is 22.2. The van der Waals surface area contributed by atoms with Crippen molar-refractivity contribution in [2.75, 3.05) is 25.7 Å². The van der Waals surface area contributed by atoms with Crippen LogP contribution in [0.3, 0.4) is 0 Å². The van der Waals surface area contributed by atoms with Crippen LogP contribution in [0.15, 0.2) is 0 Å². The quantitative estimate of drug-likeness (QED) is 0.539. The Hall–Kier alpha value is 0.270. The van der Waals surface area contributed by atoms with Crippen LogP contribution in [-0.2, 0) is 0 Å². The largest absolute Gasteiger partial charge is 0.400 e. The second kappa shape index (κ2) is 16.3. The molecule has 0 saturated carbocycles. The Morgan fingerprint density at radius 1 is 1.57 bits per heavy atom. The fourth-order valence-corrected chi connectivity index (χ4v) is 0.354. The second-order valence-corrected chi connectivity index (χ2v) is 1.77. The third-order valence-corrected chi connectivity index (χ3v) is 0.966. The lowest BCUT2D eigenvalue weighted by molar-refractivity contribution is 0.399. The maximum Gasteiger partial charge on any atom is 0.0319 e. The first-order chi connectivity index (χ1) is 3.41. The Bertz CT molecular complexity index is 19.2. The van der Waals surface area contributed by atoms with Gasteiger partial charge in [-0.3, -0.25) is 0 Å². The third-order valence-electron chi connectivity index (χ3n) is 0.322. The van der Waals surface area contributed by atoms with Gasteiger partial charge in [0, 0.05) is 19.4 Å². The zero-order chi connectivity index (χ0) is 6.12. The number of hydrogen-bond donors (Lipinski definition) is 2. The molecule has 0 rings (SSSR count). The molecule has 0 aromatic carbocycles. The molecule has 0 aliphatic carbocycles. The van der Waals surface area contributed by atoms with E-state index in [0.29, 0.717) is 0 Å². The van der Waals surface area contributed by atoms with E-state index >= 15 is 0 Å². The zero-order valence-electron chi connectivity index (χ0n) is 4.85. The molecule has 0 heterocycles. The molecule has 0 aliphatic rings. The molecule has 7 heavy (non-hydrogen) atoms. The molecule has 0 fully saturated rings. The van der Waals surface area contributed by atoms with E-state index in [0.717, 1.165) is 19.4 Å². The van der Waals surface area contributed by atoms with E-state index in [9.17, 15) is 0 Å². The van der Waals surface area contributed by atoms with Crippen molar-refractivity contribution < 1.29 is 5.11 Å². The molecule has 0 aliphatic heterocycles. The zero-order valence-corrected chi connectivity index (χ0v) is 5.66. The van der Waals surface area contributed by atoms with Gasteiger partial charge in [-0.15, -0.1) is 0 Å². The Morgan fingerprint density at radius 2 is 2.00 bits per heavy atom. The van der Waals surface area contributed by atoms with Gasteiger partial charge in [0.15, 0.2) is 0 Å².